The highest BCUT2D eigenvalue weighted by Gasteiger charge is 2.22. The van der Waals surface area contributed by atoms with Crippen LogP contribution >= 0.6 is 11.8 Å². The average molecular weight is 650 g/mol. The zero-order valence-electron chi connectivity index (χ0n) is 25.9. The quantitative estimate of drug-likeness (QED) is 0.124. The molecule has 0 fully saturated rings. The number of para-hydroxylation sites is 1. The average Bonchev–Trinajstić information content (AvgIpc) is 3.28. The highest BCUT2D eigenvalue weighted by atomic mass is 32.2. The molecule has 0 spiro atoms. The molecule has 0 bridgehead atoms. The van der Waals surface area contributed by atoms with E-state index in [4.69, 9.17) is 0 Å². The van der Waals surface area contributed by atoms with E-state index in [0.717, 1.165) is 0 Å². The first kappa shape index (κ1) is 32.7. The van der Waals surface area contributed by atoms with Crippen LogP contribution in [0.25, 0.3) is 11.8 Å². The number of amides is 3. The Morgan fingerprint density at radius 2 is 1.51 bits per heavy atom. The number of carbonyl (C=O) groups excluding carboxylic acids is 3. The number of carbonyl (C=O) groups is 3. The molecule has 5 rings (SSSR count). The molecule has 0 radical (unpaired) electrons. The standard InChI is InChI=1S/C36H32FN5O4S/c1-23-32(36(46)42(41(23)3)28-17-8-5-9-18-28)40-33(43)24(2)47-29-19-12-16-27(22-29)38-35(45)31(21-26-15-10-11-20-30(26)37)39-34(44)25-13-6-4-7-14-25/h4-22,24H,1-3H3,(H,38,45)(H,39,44)(H,40,43)/b31-21-. The van der Waals surface area contributed by atoms with Gasteiger partial charge in [0.2, 0.25) is 5.91 Å². The van der Waals surface area contributed by atoms with Gasteiger partial charge in [0.05, 0.1) is 16.6 Å². The Morgan fingerprint density at radius 1 is 0.851 bits per heavy atom. The number of hydrogen-bond acceptors (Lipinski definition) is 5. The first-order valence-electron chi connectivity index (χ1n) is 14.7. The van der Waals surface area contributed by atoms with Gasteiger partial charge in [-0.2, -0.15) is 0 Å². The lowest BCUT2D eigenvalue weighted by Crippen LogP contribution is -2.30. The van der Waals surface area contributed by atoms with Gasteiger partial charge in [0, 0.05) is 28.8 Å². The van der Waals surface area contributed by atoms with Gasteiger partial charge in [0.1, 0.15) is 17.2 Å². The van der Waals surface area contributed by atoms with Crippen LogP contribution < -0.4 is 21.5 Å². The van der Waals surface area contributed by atoms with Crippen molar-refractivity contribution in [1.82, 2.24) is 14.7 Å². The molecule has 0 aliphatic heterocycles. The summed E-state index contributed by atoms with van der Waals surface area (Å²) in [6.07, 6.45) is 1.27. The van der Waals surface area contributed by atoms with Gasteiger partial charge in [-0.15, -0.1) is 11.8 Å². The summed E-state index contributed by atoms with van der Waals surface area (Å²) < 4.78 is 17.7. The summed E-state index contributed by atoms with van der Waals surface area (Å²) in [5.74, 6) is -2.12. The van der Waals surface area contributed by atoms with Crippen LogP contribution in [0.3, 0.4) is 0 Å². The summed E-state index contributed by atoms with van der Waals surface area (Å²) >= 11 is 1.24. The molecule has 3 amide bonds. The molecule has 4 aromatic carbocycles. The minimum absolute atomic E-state index is 0.124. The number of anilines is 2. The van der Waals surface area contributed by atoms with E-state index >= 15 is 0 Å². The normalized spacial score (nSPS) is 11.9. The second kappa shape index (κ2) is 14.6. The Balaban J connectivity index is 1.30. The SMILES string of the molecule is Cc1c(NC(=O)C(C)Sc2cccc(NC(=O)/C(=C/c3ccccc3F)NC(=O)c3ccccc3)c2)c(=O)n(-c2ccccc2)n1C. The monoisotopic (exact) mass is 649 g/mol. The second-order valence-electron chi connectivity index (χ2n) is 10.6. The minimum atomic E-state index is -0.667. The maximum absolute atomic E-state index is 14.5. The van der Waals surface area contributed by atoms with Crippen LogP contribution in [0.4, 0.5) is 15.8 Å². The third-order valence-corrected chi connectivity index (χ3v) is 8.40. The van der Waals surface area contributed by atoms with Crippen LogP contribution in [0, 0.1) is 12.7 Å². The molecule has 1 heterocycles. The zero-order valence-corrected chi connectivity index (χ0v) is 26.7. The third kappa shape index (κ3) is 7.77. The number of thioether (sulfide) groups is 1. The fourth-order valence-electron chi connectivity index (χ4n) is 4.73. The Labute approximate surface area is 275 Å². The van der Waals surface area contributed by atoms with Crippen molar-refractivity contribution in [3.8, 4) is 5.69 Å². The summed E-state index contributed by atoms with van der Waals surface area (Å²) in [6, 6.07) is 30.3. The molecule has 5 aromatic rings. The molecule has 0 saturated heterocycles. The Kier molecular flexibility index (Phi) is 10.2. The number of rotatable bonds is 10. The topological polar surface area (TPSA) is 114 Å². The summed E-state index contributed by atoms with van der Waals surface area (Å²) in [5.41, 5.74) is 1.82. The van der Waals surface area contributed by atoms with E-state index in [1.807, 2.05) is 30.3 Å². The van der Waals surface area contributed by atoms with Gasteiger partial charge in [-0.25, -0.2) is 9.07 Å². The van der Waals surface area contributed by atoms with Crippen molar-refractivity contribution in [3.05, 3.63) is 148 Å². The van der Waals surface area contributed by atoms with E-state index in [1.165, 1.54) is 40.7 Å². The number of halogens is 1. The van der Waals surface area contributed by atoms with Crippen LogP contribution in [0.5, 0.6) is 0 Å². The van der Waals surface area contributed by atoms with Gasteiger partial charge in [-0.3, -0.25) is 23.9 Å². The van der Waals surface area contributed by atoms with Gasteiger partial charge in [-0.1, -0.05) is 60.7 Å². The minimum Gasteiger partial charge on any atom is -0.321 e. The van der Waals surface area contributed by atoms with Crippen LogP contribution in [-0.4, -0.2) is 32.3 Å². The van der Waals surface area contributed by atoms with Crippen molar-refractivity contribution in [3.63, 3.8) is 0 Å². The van der Waals surface area contributed by atoms with Gasteiger partial charge in [-0.05, 0) is 68.5 Å². The van der Waals surface area contributed by atoms with Crippen LogP contribution in [0.1, 0.15) is 28.5 Å². The lowest BCUT2D eigenvalue weighted by molar-refractivity contribution is -0.115. The zero-order chi connectivity index (χ0) is 33.5. The van der Waals surface area contributed by atoms with Crippen molar-refractivity contribution < 1.29 is 18.8 Å². The summed E-state index contributed by atoms with van der Waals surface area (Å²) in [6.45, 7) is 3.48. The van der Waals surface area contributed by atoms with Crippen molar-refractivity contribution in [2.45, 2.75) is 24.0 Å². The molecular weight excluding hydrogens is 617 g/mol. The Hall–Kier alpha value is -5.68. The largest absolute Gasteiger partial charge is 0.321 e. The molecule has 0 saturated carbocycles. The van der Waals surface area contributed by atoms with E-state index < -0.39 is 22.9 Å². The molecule has 0 aliphatic carbocycles. The van der Waals surface area contributed by atoms with Crippen LogP contribution in [0.2, 0.25) is 0 Å². The molecule has 11 heteroatoms. The first-order valence-corrected chi connectivity index (χ1v) is 15.6. The lowest BCUT2D eigenvalue weighted by atomic mass is 10.1. The molecule has 3 N–H and O–H groups in total. The predicted molar refractivity (Wildman–Crippen MR) is 183 cm³/mol. The van der Waals surface area contributed by atoms with E-state index in [1.54, 1.807) is 86.2 Å². The molecule has 47 heavy (non-hydrogen) atoms. The number of aromatic nitrogens is 2. The van der Waals surface area contributed by atoms with E-state index in [9.17, 15) is 23.6 Å². The number of nitrogens with zero attached hydrogens (tertiary/aromatic N) is 2. The smallest absolute Gasteiger partial charge is 0.295 e. The maximum Gasteiger partial charge on any atom is 0.295 e. The van der Waals surface area contributed by atoms with Crippen molar-refractivity contribution in [1.29, 1.82) is 0 Å². The fraction of sp³-hybridized carbons (Fsp3) is 0.111. The summed E-state index contributed by atoms with van der Waals surface area (Å²) in [5, 5.41) is 7.53. The molecule has 1 unspecified atom stereocenters. The van der Waals surface area contributed by atoms with Crippen molar-refractivity contribution in [2.24, 2.45) is 7.05 Å². The number of nitrogens with one attached hydrogen (secondary N) is 3. The summed E-state index contributed by atoms with van der Waals surface area (Å²) in [4.78, 5) is 53.4. The molecule has 1 aromatic heterocycles. The maximum atomic E-state index is 14.5. The van der Waals surface area contributed by atoms with Gasteiger partial charge < -0.3 is 16.0 Å². The van der Waals surface area contributed by atoms with E-state index in [0.29, 0.717) is 27.5 Å². The fourth-order valence-corrected chi connectivity index (χ4v) is 5.66. The van der Waals surface area contributed by atoms with Gasteiger partial charge >= 0.3 is 0 Å². The molecule has 9 nitrogen and oxygen atoms in total. The molecule has 238 valence electrons. The number of benzene rings is 4. The molecule has 1 atom stereocenters. The van der Waals surface area contributed by atoms with Crippen LogP contribution in [-0.2, 0) is 16.6 Å². The Morgan fingerprint density at radius 3 is 2.21 bits per heavy atom. The summed E-state index contributed by atoms with van der Waals surface area (Å²) in [7, 11) is 1.75. The predicted octanol–water partition coefficient (Wildman–Crippen LogP) is 6.15. The van der Waals surface area contributed by atoms with E-state index in [2.05, 4.69) is 16.0 Å². The van der Waals surface area contributed by atoms with Gasteiger partial charge in [0.15, 0.2) is 0 Å². The number of hydrogen-bond donors (Lipinski definition) is 3. The second-order valence-corrected chi connectivity index (χ2v) is 12.0. The third-order valence-electron chi connectivity index (χ3n) is 7.31. The van der Waals surface area contributed by atoms with Crippen LogP contribution in [0.15, 0.2) is 125 Å². The molecular formula is C36H32FN5O4S. The lowest BCUT2D eigenvalue weighted by Gasteiger charge is -2.14. The highest BCUT2D eigenvalue weighted by Crippen LogP contribution is 2.27. The van der Waals surface area contributed by atoms with E-state index in [-0.39, 0.29) is 28.4 Å². The molecule has 0 aliphatic rings. The first-order chi connectivity index (χ1) is 22.6. The highest BCUT2D eigenvalue weighted by molar-refractivity contribution is 8.00. The van der Waals surface area contributed by atoms with Gasteiger partial charge in [0.25, 0.3) is 17.4 Å². The Bertz CT molecular complexity index is 2020. The van der Waals surface area contributed by atoms with Crippen molar-refractivity contribution >= 4 is 46.9 Å². The van der Waals surface area contributed by atoms with Crippen molar-refractivity contribution in [2.75, 3.05) is 10.6 Å².